The molecule has 1 saturated carbocycles. The van der Waals surface area contributed by atoms with Gasteiger partial charge in [-0.25, -0.2) is 0 Å². The first-order chi connectivity index (χ1) is 11.0. The molecule has 126 valence electrons. The third-order valence-electron chi connectivity index (χ3n) is 5.07. The second-order valence-corrected chi connectivity index (χ2v) is 6.68. The van der Waals surface area contributed by atoms with Crippen LogP contribution in [0, 0.1) is 18.8 Å². The van der Waals surface area contributed by atoms with Gasteiger partial charge in [0.1, 0.15) is 0 Å². The Labute approximate surface area is 135 Å². The Morgan fingerprint density at radius 2 is 1.87 bits per heavy atom. The first-order valence-corrected chi connectivity index (χ1v) is 8.36. The van der Waals surface area contributed by atoms with Crippen molar-refractivity contribution in [1.29, 1.82) is 0 Å². The van der Waals surface area contributed by atoms with Crippen LogP contribution in [-0.4, -0.2) is 45.1 Å². The van der Waals surface area contributed by atoms with Gasteiger partial charge >= 0.3 is 5.97 Å². The van der Waals surface area contributed by atoms with Gasteiger partial charge in [0.15, 0.2) is 5.82 Å². The summed E-state index contributed by atoms with van der Waals surface area (Å²) in [7, 11) is 0. The molecule has 7 nitrogen and oxygen atoms in total. The van der Waals surface area contributed by atoms with E-state index in [0.717, 1.165) is 25.7 Å². The summed E-state index contributed by atoms with van der Waals surface area (Å²) in [6.45, 7) is 3.16. The van der Waals surface area contributed by atoms with E-state index in [1.165, 1.54) is 0 Å². The van der Waals surface area contributed by atoms with Crippen LogP contribution in [0.25, 0.3) is 0 Å². The van der Waals surface area contributed by atoms with Gasteiger partial charge in [0, 0.05) is 24.9 Å². The molecule has 2 fully saturated rings. The number of carbonyl (C=O) groups is 2. The largest absolute Gasteiger partial charge is 0.481 e. The molecule has 0 bridgehead atoms. The number of carboxylic acid groups (broad SMARTS) is 1. The number of likely N-dealkylation sites (tertiary alicyclic amines) is 1. The SMILES string of the molecule is Cc1noc(C2CCN(C(=O)C3CCCC(C(=O)O)C3)CC2)n1. The highest BCUT2D eigenvalue weighted by molar-refractivity contribution is 5.80. The Balaban J connectivity index is 1.54. The molecule has 0 aromatic carbocycles. The Hall–Kier alpha value is -1.92. The highest BCUT2D eigenvalue weighted by Crippen LogP contribution is 2.33. The monoisotopic (exact) mass is 321 g/mol. The highest BCUT2D eigenvalue weighted by atomic mass is 16.5. The van der Waals surface area contributed by atoms with Crippen molar-refractivity contribution in [1.82, 2.24) is 15.0 Å². The van der Waals surface area contributed by atoms with Crippen LogP contribution >= 0.6 is 0 Å². The van der Waals surface area contributed by atoms with Crippen LogP contribution in [-0.2, 0) is 9.59 Å². The van der Waals surface area contributed by atoms with Gasteiger partial charge in [0.05, 0.1) is 5.92 Å². The fourth-order valence-corrected chi connectivity index (χ4v) is 3.72. The second-order valence-electron chi connectivity index (χ2n) is 6.68. The molecule has 1 aliphatic heterocycles. The first kappa shape index (κ1) is 16.0. The number of hydrogen-bond donors (Lipinski definition) is 1. The van der Waals surface area contributed by atoms with Crippen LogP contribution in [0.3, 0.4) is 0 Å². The van der Waals surface area contributed by atoms with E-state index in [-0.39, 0.29) is 23.7 Å². The zero-order chi connectivity index (χ0) is 16.4. The summed E-state index contributed by atoms with van der Waals surface area (Å²) in [5.74, 6) is 0.379. The van der Waals surface area contributed by atoms with Crippen molar-refractivity contribution in [3.8, 4) is 0 Å². The van der Waals surface area contributed by atoms with Crippen molar-refractivity contribution in [3.63, 3.8) is 0 Å². The lowest BCUT2D eigenvalue weighted by Gasteiger charge is -2.35. The Kier molecular flexibility index (Phi) is 4.63. The van der Waals surface area contributed by atoms with Crippen LogP contribution in [0.5, 0.6) is 0 Å². The maximum absolute atomic E-state index is 12.7. The molecular weight excluding hydrogens is 298 g/mol. The number of carbonyl (C=O) groups excluding carboxylic acids is 1. The van der Waals surface area contributed by atoms with Crippen molar-refractivity contribution < 1.29 is 19.2 Å². The van der Waals surface area contributed by atoms with Crippen molar-refractivity contribution in [2.75, 3.05) is 13.1 Å². The molecule has 2 heterocycles. The van der Waals surface area contributed by atoms with E-state index in [0.29, 0.717) is 37.6 Å². The third kappa shape index (κ3) is 3.54. The van der Waals surface area contributed by atoms with Gasteiger partial charge < -0.3 is 14.5 Å². The number of aliphatic carboxylic acids is 1. The molecule has 1 aliphatic carbocycles. The second kappa shape index (κ2) is 6.68. The average molecular weight is 321 g/mol. The predicted octanol–water partition coefficient (Wildman–Crippen LogP) is 1.98. The fraction of sp³-hybridized carbons (Fsp3) is 0.750. The minimum atomic E-state index is -0.770. The molecule has 2 atom stereocenters. The molecule has 2 aliphatic rings. The van der Waals surface area contributed by atoms with Crippen LogP contribution in [0.1, 0.15) is 56.2 Å². The lowest BCUT2D eigenvalue weighted by Crippen LogP contribution is -2.43. The number of aryl methyl sites for hydroxylation is 1. The van der Waals surface area contributed by atoms with Crippen LogP contribution in [0.4, 0.5) is 0 Å². The molecule has 1 aromatic rings. The molecule has 7 heteroatoms. The summed E-state index contributed by atoms with van der Waals surface area (Å²) in [6.07, 6.45) is 4.45. The van der Waals surface area contributed by atoms with E-state index >= 15 is 0 Å². The van der Waals surface area contributed by atoms with E-state index in [1.54, 1.807) is 6.92 Å². The minimum absolute atomic E-state index is 0.121. The minimum Gasteiger partial charge on any atom is -0.481 e. The van der Waals surface area contributed by atoms with Gasteiger partial charge in [-0.05, 0) is 39.0 Å². The topological polar surface area (TPSA) is 96.5 Å². The molecule has 1 amide bonds. The van der Waals surface area contributed by atoms with Gasteiger partial charge in [-0.15, -0.1) is 0 Å². The van der Waals surface area contributed by atoms with Crippen molar-refractivity contribution in [3.05, 3.63) is 11.7 Å². The van der Waals surface area contributed by atoms with E-state index < -0.39 is 5.97 Å². The lowest BCUT2D eigenvalue weighted by molar-refractivity contribution is -0.145. The lowest BCUT2D eigenvalue weighted by atomic mass is 9.80. The molecule has 0 spiro atoms. The van der Waals surface area contributed by atoms with E-state index in [2.05, 4.69) is 10.1 Å². The average Bonchev–Trinajstić information content (AvgIpc) is 3.01. The first-order valence-electron chi connectivity index (χ1n) is 8.36. The summed E-state index contributed by atoms with van der Waals surface area (Å²) in [6, 6.07) is 0. The standard InChI is InChI=1S/C16H23N3O4/c1-10-17-14(23-18-10)11-5-7-19(8-6-11)15(20)12-3-2-4-13(9-12)16(21)22/h11-13H,2-9H2,1H3,(H,21,22). The molecule has 2 unspecified atom stereocenters. The number of rotatable bonds is 3. The van der Waals surface area contributed by atoms with E-state index in [9.17, 15) is 9.59 Å². The van der Waals surface area contributed by atoms with Gasteiger partial charge in [0.25, 0.3) is 0 Å². The zero-order valence-electron chi connectivity index (χ0n) is 13.4. The van der Waals surface area contributed by atoms with Crippen molar-refractivity contribution in [2.24, 2.45) is 11.8 Å². The molecule has 23 heavy (non-hydrogen) atoms. The van der Waals surface area contributed by atoms with Gasteiger partial charge in [0.2, 0.25) is 11.8 Å². The summed E-state index contributed by atoms with van der Waals surface area (Å²) in [5, 5.41) is 13.0. The summed E-state index contributed by atoms with van der Waals surface area (Å²) in [5.41, 5.74) is 0. The van der Waals surface area contributed by atoms with Crippen LogP contribution < -0.4 is 0 Å². The van der Waals surface area contributed by atoms with Crippen molar-refractivity contribution in [2.45, 2.75) is 51.4 Å². The highest BCUT2D eigenvalue weighted by Gasteiger charge is 2.35. The Bertz CT molecular complexity index is 578. The quantitative estimate of drug-likeness (QED) is 0.914. The van der Waals surface area contributed by atoms with Gasteiger partial charge in [-0.1, -0.05) is 11.6 Å². The van der Waals surface area contributed by atoms with Crippen LogP contribution in [0.2, 0.25) is 0 Å². The number of carboxylic acids is 1. The molecule has 1 aromatic heterocycles. The van der Waals surface area contributed by atoms with E-state index in [1.807, 2.05) is 4.90 Å². The Morgan fingerprint density at radius 1 is 1.17 bits per heavy atom. The number of hydrogen-bond acceptors (Lipinski definition) is 5. The van der Waals surface area contributed by atoms with Crippen LogP contribution in [0.15, 0.2) is 4.52 Å². The van der Waals surface area contributed by atoms with Gasteiger partial charge in [-0.2, -0.15) is 4.98 Å². The third-order valence-corrected chi connectivity index (χ3v) is 5.07. The Morgan fingerprint density at radius 3 is 2.48 bits per heavy atom. The predicted molar refractivity (Wildman–Crippen MR) is 80.7 cm³/mol. The number of nitrogens with zero attached hydrogens (tertiary/aromatic N) is 3. The number of aromatic nitrogens is 2. The summed E-state index contributed by atoms with van der Waals surface area (Å²) in [4.78, 5) is 30.0. The molecule has 0 radical (unpaired) electrons. The van der Waals surface area contributed by atoms with E-state index in [4.69, 9.17) is 9.63 Å². The summed E-state index contributed by atoms with van der Waals surface area (Å²) >= 11 is 0. The summed E-state index contributed by atoms with van der Waals surface area (Å²) < 4.78 is 5.23. The fourth-order valence-electron chi connectivity index (χ4n) is 3.72. The molecule has 1 saturated heterocycles. The molecular formula is C16H23N3O4. The molecule has 1 N–H and O–H groups in total. The van der Waals surface area contributed by atoms with Crippen molar-refractivity contribution >= 4 is 11.9 Å². The zero-order valence-corrected chi connectivity index (χ0v) is 13.4. The maximum atomic E-state index is 12.7. The van der Waals surface area contributed by atoms with Gasteiger partial charge in [-0.3, -0.25) is 9.59 Å². The number of amides is 1. The normalized spacial score (nSPS) is 26.2. The number of piperidine rings is 1. The molecule has 3 rings (SSSR count). The maximum Gasteiger partial charge on any atom is 0.306 e. The smallest absolute Gasteiger partial charge is 0.306 e.